The summed E-state index contributed by atoms with van der Waals surface area (Å²) in [5.41, 5.74) is 0. The van der Waals surface area contributed by atoms with Gasteiger partial charge >= 0.3 is 0 Å². The Bertz CT molecular complexity index is 241. The van der Waals surface area contributed by atoms with Gasteiger partial charge in [-0.1, -0.05) is 0 Å². The highest BCUT2D eigenvalue weighted by Gasteiger charge is 2.18. The van der Waals surface area contributed by atoms with Gasteiger partial charge in [0.15, 0.2) is 0 Å². The maximum Gasteiger partial charge on any atom is 0.222 e. The predicted molar refractivity (Wildman–Crippen MR) is 58.1 cm³/mol. The van der Waals surface area contributed by atoms with E-state index in [9.17, 15) is 4.79 Å². The Morgan fingerprint density at radius 2 is 2.20 bits per heavy atom. The van der Waals surface area contributed by atoms with Crippen molar-refractivity contribution < 1.29 is 4.79 Å². The van der Waals surface area contributed by atoms with Crippen molar-refractivity contribution in [1.29, 1.82) is 5.26 Å². The van der Waals surface area contributed by atoms with Crippen molar-refractivity contribution >= 4 is 5.91 Å². The summed E-state index contributed by atoms with van der Waals surface area (Å²) < 4.78 is 0. The van der Waals surface area contributed by atoms with E-state index in [1.54, 1.807) is 11.9 Å². The molecule has 1 heterocycles. The Hall–Kier alpha value is -1.08. The summed E-state index contributed by atoms with van der Waals surface area (Å²) in [7, 11) is 1.78. The molecular formula is C11H19N3O. The largest absolute Gasteiger partial charge is 0.345 e. The van der Waals surface area contributed by atoms with E-state index in [2.05, 4.69) is 11.4 Å². The van der Waals surface area contributed by atoms with E-state index in [1.165, 1.54) is 0 Å². The van der Waals surface area contributed by atoms with E-state index >= 15 is 0 Å². The summed E-state index contributed by atoms with van der Waals surface area (Å²) in [5, 5.41) is 11.7. The van der Waals surface area contributed by atoms with Crippen molar-refractivity contribution in [2.24, 2.45) is 5.92 Å². The number of carbonyl (C=O) groups excluding carboxylic acids is 1. The minimum Gasteiger partial charge on any atom is -0.345 e. The second-order valence-corrected chi connectivity index (χ2v) is 4.12. The van der Waals surface area contributed by atoms with Gasteiger partial charge in [-0.15, -0.1) is 0 Å². The number of carbonyl (C=O) groups is 1. The molecule has 1 fully saturated rings. The second-order valence-electron chi connectivity index (χ2n) is 4.12. The molecule has 0 aromatic carbocycles. The van der Waals surface area contributed by atoms with Crippen LogP contribution in [-0.4, -0.2) is 37.5 Å². The van der Waals surface area contributed by atoms with Crippen molar-refractivity contribution in [3.63, 3.8) is 0 Å². The van der Waals surface area contributed by atoms with Crippen LogP contribution < -0.4 is 5.32 Å². The number of piperidine rings is 1. The summed E-state index contributed by atoms with van der Waals surface area (Å²) in [6.45, 7) is 2.61. The fourth-order valence-electron chi connectivity index (χ4n) is 1.83. The van der Waals surface area contributed by atoms with Gasteiger partial charge in [0.25, 0.3) is 0 Å². The van der Waals surface area contributed by atoms with E-state index in [4.69, 9.17) is 5.26 Å². The number of amides is 1. The van der Waals surface area contributed by atoms with Gasteiger partial charge in [-0.3, -0.25) is 4.79 Å². The number of rotatable bonds is 4. The molecule has 1 aliphatic heterocycles. The summed E-state index contributed by atoms with van der Waals surface area (Å²) >= 11 is 0. The molecule has 0 bridgehead atoms. The Balaban J connectivity index is 2.24. The molecule has 1 rings (SSSR count). The van der Waals surface area contributed by atoms with Crippen molar-refractivity contribution in [3.8, 4) is 6.07 Å². The molecule has 1 N–H and O–H groups in total. The van der Waals surface area contributed by atoms with E-state index in [-0.39, 0.29) is 5.91 Å². The fraction of sp³-hybridized carbons (Fsp3) is 0.818. The zero-order chi connectivity index (χ0) is 11.1. The van der Waals surface area contributed by atoms with E-state index in [0.29, 0.717) is 25.3 Å². The van der Waals surface area contributed by atoms with Gasteiger partial charge in [0, 0.05) is 20.0 Å². The van der Waals surface area contributed by atoms with Crippen molar-refractivity contribution in [2.75, 3.05) is 26.7 Å². The van der Waals surface area contributed by atoms with Crippen molar-refractivity contribution in [2.45, 2.75) is 25.7 Å². The smallest absolute Gasteiger partial charge is 0.222 e. The molecule has 0 spiro atoms. The van der Waals surface area contributed by atoms with Crippen LogP contribution in [0.1, 0.15) is 25.7 Å². The summed E-state index contributed by atoms with van der Waals surface area (Å²) in [4.78, 5) is 13.4. The Morgan fingerprint density at radius 1 is 1.53 bits per heavy atom. The fourth-order valence-corrected chi connectivity index (χ4v) is 1.83. The van der Waals surface area contributed by atoms with Gasteiger partial charge in [-0.05, 0) is 31.8 Å². The first kappa shape index (κ1) is 12.0. The molecule has 0 radical (unpaired) electrons. The van der Waals surface area contributed by atoms with Crippen molar-refractivity contribution in [3.05, 3.63) is 0 Å². The van der Waals surface area contributed by atoms with Crippen LogP contribution in [0.2, 0.25) is 0 Å². The first-order valence-electron chi connectivity index (χ1n) is 5.55. The molecule has 1 aliphatic rings. The summed E-state index contributed by atoms with van der Waals surface area (Å²) in [6, 6.07) is 2.05. The zero-order valence-corrected chi connectivity index (χ0v) is 9.33. The molecule has 15 heavy (non-hydrogen) atoms. The molecule has 0 aliphatic carbocycles. The molecule has 1 saturated heterocycles. The molecule has 4 heteroatoms. The van der Waals surface area contributed by atoms with Gasteiger partial charge in [0.1, 0.15) is 0 Å². The van der Waals surface area contributed by atoms with Crippen LogP contribution in [0.5, 0.6) is 0 Å². The Morgan fingerprint density at radius 3 is 2.80 bits per heavy atom. The number of nitrogens with one attached hydrogen (secondary N) is 1. The van der Waals surface area contributed by atoms with E-state index in [1.807, 2.05) is 0 Å². The zero-order valence-electron chi connectivity index (χ0n) is 9.33. The predicted octanol–water partition coefficient (Wildman–Crippen LogP) is 0.748. The lowest BCUT2D eigenvalue weighted by atomic mass is 9.94. The second kappa shape index (κ2) is 6.41. The monoisotopic (exact) mass is 209 g/mol. The molecule has 0 aromatic rings. The SMILES string of the molecule is CN(CCC#N)C(=O)CC1CCNCC1. The van der Waals surface area contributed by atoms with Crippen LogP contribution in [0, 0.1) is 17.2 Å². The lowest BCUT2D eigenvalue weighted by Crippen LogP contribution is -2.33. The van der Waals surface area contributed by atoms with Crippen LogP contribution in [-0.2, 0) is 4.79 Å². The third-order valence-corrected chi connectivity index (χ3v) is 2.91. The van der Waals surface area contributed by atoms with Crippen LogP contribution in [0.15, 0.2) is 0 Å². The highest BCUT2D eigenvalue weighted by molar-refractivity contribution is 5.76. The van der Waals surface area contributed by atoms with Crippen molar-refractivity contribution in [1.82, 2.24) is 10.2 Å². The highest BCUT2D eigenvalue weighted by atomic mass is 16.2. The van der Waals surface area contributed by atoms with Crippen LogP contribution in [0.3, 0.4) is 0 Å². The van der Waals surface area contributed by atoms with E-state index in [0.717, 1.165) is 25.9 Å². The van der Waals surface area contributed by atoms with Crippen LogP contribution in [0.4, 0.5) is 0 Å². The van der Waals surface area contributed by atoms with Gasteiger partial charge in [-0.2, -0.15) is 5.26 Å². The molecule has 84 valence electrons. The lowest BCUT2D eigenvalue weighted by Gasteiger charge is -2.24. The maximum atomic E-state index is 11.7. The molecule has 0 saturated carbocycles. The minimum absolute atomic E-state index is 0.178. The first-order chi connectivity index (χ1) is 7.24. The third kappa shape index (κ3) is 4.30. The minimum atomic E-state index is 0.178. The standard InChI is InChI=1S/C11H19N3O/c1-14(8-2-5-12)11(15)9-10-3-6-13-7-4-10/h10,13H,2-4,6-9H2,1H3. The number of nitrogens with zero attached hydrogens (tertiary/aromatic N) is 2. The molecule has 0 aromatic heterocycles. The molecule has 0 unspecified atom stereocenters. The topological polar surface area (TPSA) is 56.1 Å². The number of hydrogen-bond donors (Lipinski definition) is 1. The first-order valence-corrected chi connectivity index (χ1v) is 5.55. The maximum absolute atomic E-state index is 11.7. The van der Waals surface area contributed by atoms with Gasteiger partial charge in [0.05, 0.1) is 12.5 Å². The number of nitriles is 1. The molecular weight excluding hydrogens is 190 g/mol. The molecule has 1 amide bonds. The summed E-state index contributed by atoms with van der Waals surface area (Å²) in [6.07, 6.45) is 3.26. The Kier molecular flexibility index (Phi) is 5.13. The normalized spacial score (nSPS) is 17.1. The van der Waals surface area contributed by atoms with Gasteiger partial charge in [-0.25, -0.2) is 0 Å². The van der Waals surface area contributed by atoms with Gasteiger partial charge < -0.3 is 10.2 Å². The number of hydrogen-bond acceptors (Lipinski definition) is 3. The summed E-state index contributed by atoms with van der Waals surface area (Å²) in [5.74, 6) is 0.709. The third-order valence-electron chi connectivity index (χ3n) is 2.91. The molecule has 4 nitrogen and oxygen atoms in total. The average molecular weight is 209 g/mol. The molecule has 0 atom stereocenters. The van der Waals surface area contributed by atoms with E-state index < -0.39 is 0 Å². The highest BCUT2D eigenvalue weighted by Crippen LogP contribution is 2.16. The quantitative estimate of drug-likeness (QED) is 0.743. The van der Waals surface area contributed by atoms with Gasteiger partial charge in [0.2, 0.25) is 5.91 Å². The average Bonchev–Trinajstić information content (AvgIpc) is 2.27. The Labute approximate surface area is 91.2 Å². The lowest BCUT2D eigenvalue weighted by molar-refractivity contribution is -0.131. The van der Waals surface area contributed by atoms with Crippen LogP contribution >= 0.6 is 0 Å². The van der Waals surface area contributed by atoms with Crippen LogP contribution in [0.25, 0.3) is 0 Å².